The maximum atomic E-state index is 10.7. The third-order valence-electron chi connectivity index (χ3n) is 2.56. The summed E-state index contributed by atoms with van der Waals surface area (Å²) in [6, 6.07) is 0. The van der Waals surface area contributed by atoms with Gasteiger partial charge < -0.3 is 40.0 Å². The van der Waals surface area contributed by atoms with E-state index in [1.54, 1.807) is 0 Å². The second-order valence-corrected chi connectivity index (χ2v) is 6.47. The number of phosphoric acid groups is 2. The van der Waals surface area contributed by atoms with E-state index in [0.717, 1.165) is 0 Å². The molecule has 20 heavy (non-hydrogen) atoms. The second-order valence-electron chi connectivity index (χ2n) is 4.08. The van der Waals surface area contributed by atoms with E-state index in [4.69, 9.17) is 19.6 Å². The minimum atomic E-state index is -5.20. The second kappa shape index (κ2) is 6.05. The Labute approximate surface area is 111 Å². The van der Waals surface area contributed by atoms with E-state index in [-0.39, 0.29) is 0 Å². The Hall–Kier alpha value is 0.0600. The summed E-state index contributed by atoms with van der Waals surface area (Å²) >= 11 is 0. The first-order chi connectivity index (χ1) is 8.83. The fourth-order valence-electron chi connectivity index (χ4n) is 1.75. The standard InChI is InChI=1S/C6H14O12P2/c7-1-2(8)5(17-19(11,12)13)4(10)6(3(1)9)18-20(14,15)16/h1-10H,(H2,11,12,13)(H2,14,15,16)/t1?,2-,3-,4?,5-,6+/m0/s1. The van der Waals surface area contributed by atoms with Gasteiger partial charge >= 0.3 is 15.6 Å². The molecule has 0 radical (unpaired) electrons. The molecule has 0 heterocycles. The highest BCUT2D eigenvalue weighted by atomic mass is 31.2. The molecule has 120 valence electrons. The van der Waals surface area contributed by atoms with Crippen molar-refractivity contribution in [3.63, 3.8) is 0 Å². The molecular formula is C6H14O12P2. The average Bonchev–Trinajstić information content (AvgIpc) is 2.25. The van der Waals surface area contributed by atoms with E-state index < -0.39 is 52.3 Å². The minimum Gasteiger partial charge on any atom is -0.387 e. The molecule has 0 aromatic rings. The lowest BCUT2D eigenvalue weighted by atomic mass is 9.85. The van der Waals surface area contributed by atoms with Crippen LogP contribution < -0.4 is 0 Å². The van der Waals surface area contributed by atoms with Crippen LogP contribution >= 0.6 is 15.6 Å². The summed E-state index contributed by atoms with van der Waals surface area (Å²) < 4.78 is 29.4. The largest absolute Gasteiger partial charge is 0.470 e. The maximum absolute atomic E-state index is 10.7. The van der Waals surface area contributed by atoms with E-state index in [2.05, 4.69) is 9.05 Å². The molecule has 0 aromatic carbocycles. The fraction of sp³-hybridized carbons (Fsp3) is 1.00. The van der Waals surface area contributed by atoms with Crippen molar-refractivity contribution in [2.75, 3.05) is 0 Å². The molecule has 12 nitrogen and oxygen atoms in total. The summed E-state index contributed by atoms with van der Waals surface area (Å²) in [4.78, 5) is 34.4. The summed E-state index contributed by atoms with van der Waals surface area (Å²) in [7, 11) is -10.4. The Morgan fingerprint density at radius 3 is 1.15 bits per heavy atom. The SMILES string of the molecule is O=P(O)(O)O[C@@H]1C(O)[C@H](OP(=O)(O)O)[C@@H](O)C(O)[C@@H]1O. The molecular weight excluding hydrogens is 326 g/mol. The van der Waals surface area contributed by atoms with Crippen molar-refractivity contribution in [3.05, 3.63) is 0 Å². The van der Waals surface area contributed by atoms with Gasteiger partial charge in [-0.2, -0.15) is 0 Å². The molecule has 1 rings (SSSR count). The summed E-state index contributed by atoms with van der Waals surface area (Å²) in [6.07, 6.45) is -12.8. The highest BCUT2D eigenvalue weighted by Gasteiger charge is 2.53. The van der Waals surface area contributed by atoms with Crippen LogP contribution in [-0.4, -0.2) is 76.6 Å². The fourth-order valence-corrected chi connectivity index (χ4v) is 2.88. The number of phosphoric ester groups is 2. The predicted molar refractivity (Wildman–Crippen MR) is 57.9 cm³/mol. The monoisotopic (exact) mass is 340 g/mol. The van der Waals surface area contributed by atoms with Crippen molar-refractivity contribution in [3.8, 4) is 0 Å². The van der Waals surface area contributed by atoms with E-state index in [0.29, 0.717) is 0 Å². The van der Waals surface area contributed by atoms with Crippen LogP contribution in [0.25, 0.3) is 0 Å². The van der Waals surface area contributed by atoms with Crippen molar-refractivity contribution < 1.29 is 58.2 Å². The van der Waals surface area contributed by atoms with Gasteiger partial charge in [-0.1, -0.05) is 0 Å². The smallest absolute Gasteiger partial charge is 0.387 e. The molecule has 0 spiro atoms. The van der Waals surface area contributed by atoms with Crippen molar-refractivity contribution >= 4 is 15.6 Å². The van der Waals surface area contributed by atoms with Crippen LogP contribution in [0, 0.1) is 0 Å². The lowest BCUT2D eigenvalue weighted by Gasteiger charge is -2.42. The van der Waals surface area contributed by atoms with Crippen molar-refractivity contribution in [2.24, 2.45) is 0 Å². The molecule has 8 N–H and O–H groups in total. The summed E-state index contributed by atoms with van der Waals surface area (Å²) in [5.74, 6) is 0. The van der Waals surface area contributed by atoms with Crippen LogP contribution in [0.5, 0.6) is 0 Å². The van der Waals surface area contributed by atoms with Gasteiger partial charge in [0.05, 0.1) is 0 Å². The zero-order chi connectivity index (χ0) is 15.9. The number of rotatable bonds is 4. The summed E-state index contributed by atoms with van der Waals surface area (Å²) in [5.41, 5.74) is 0. The Bertz CT molecular complexity index is 390. The molecule has 0 aromatic heterocycles. The van der Waals surface area contributed by atoms with Crippen molar-refractivity contribution in [1.82, 2.24) is 0 Å². The van der Waals surface area contributed by atoms with Crippen LogP contribution in [0.1, 0.15) is 0 Å². The predicted octanol–water partition coefficient (Wildman–Crippen LogP) is -3.60. The van der Waals surface area contributed by atoms with Gasteiger partial charge in [0.25, 0.3) is 0 Å². The summed E-state index contributed by atoms with van der Waals surface area (Å²) in [5, 5.41) is 38.0. The van der Waals surface area contributed by atoms with Gasteiger partial charge in [-0.3, -0.25) is 9.05 Å². The van der Waals surface area contributed by atoms with Crippen molar-refractivity contribution in [2.45, 2.75) is 36.6 Å². The minimum absolute atomic E-state index is 2.12. The van der Waals surface area contributed by atoms with E-state index in [1.165, 1.54) is 0 Å². The molecule has 0 saturated heterocycles. The molecule has 1 aliphatic rings. The van der Waals surface area contributed by atoms with E-state index in [9.17, 15) is 29.6 Å². The van der Waals surface area contributed by atoms with Gasteiger partial charge in [0, 0.05) is 0 Å². The first-order valence-electron chi connectivity index (χ1n) is 5.03. The van der Waals surface area contributed by atoms with Gasteiger partial charge in [-0.25, -0.2) is 9.13 Å². The first kappa shape index (κ1) is 18.1. The lowest BCUT2D eigenvalue weighted by molar-refractivity contribution is -0.215. The highest BCUT2D eigenvalue weighted by molar-refractivity contribution is 7.46. The van der Waals surface area contributed by atoms with Gasteiger partial charge in [-0.05, 0) is 0 Å². The number of aliphatic hydroxyl groups excluding tert-OH is 4. The zero-order valence-electron chi connectivity index (χ0n) is 9.57. The summed E-state index contributed by atoms with van der Waals surface area (Å²) in [6.45, 7) is 0. The Kier molecular flexibility index (Phi) is 5.48. The topological polar surface area (TPSA) is 214 Å². The van der Waals surface area contributed by atoms with Crippen LogP contribution in [0.15, 0.2) is 0 Å². The maximum Gasteiger partial charge on any atom is 0.470 e. The van der Waals surface area contributed by atoms with Gasteiger partial charge in [-0.15, -0.1) is 0 Å². The Balaban J connectivity index is 3.02. The van der Waals surface area contributed by atoms with Gasteiger partial charge in [0.15, 0.2) is 0 Å². The molecule has 2 unspecified atom stereocenters. The zero-order valence-corrected chi connectivity index (χ0v) is 11.4. The molecule has 0 aliphatic heterocycles. The molecule has 1 fully saturated rings. The third-order valence-corrected chi connectivity index (χ3v) is 3.60. The molecule has 14 heteroatoms. The van der Waals surface area contributed by atoms with Crippen LogP contribution in [-0.2, 0) is 18.2 Å². The normalized spacial score (nSPS) is 39.8. The Morgan fingerprint density at radius 2 is 0.900 bits per heavy atom. The molecule has 1 saturated carbocycles. The van der Waals surface area contributed by atoms with Crippen molar-refractivity contribution in [1.29, 1.82) is 0 Å². The lowest BCUT2D eigenvalue weighted by Crippen LogP contribution is -2.64. The van der Waals surface area contributed by atoms with Crippen LogP contribution in [0.4, 0.5) is 0 Å². The van der Waals surface area contributed by atoms with E-state index >= 15 is 0 Å². The third kappa shape index (κ3) is 4.53. The van der Waals surface area contributed by atoms with Gasteiger partial charge in [0.1, 0.15) is 36.6 Å². The first-order valence-corrected chi connectivity index (χ1v) is 8.10. The number of hydrogen-bond donors (Lipinski definition) is 8. The van der Waals surface area contributed by atoms with Gasteiger partial charge in [0.2, 0.25) is 0 Å². The molecule has 6 atom stereocenters. The number of hydrogen-bond acceptors (Lipinski definition) is 8. The number of aliphatic hydroxyl groups is 4. The van der Waals surface area contributed by atoms with E-state index in [1.807, 2.05) is 0 Å². The van der Waals surface area contributed by atoms with Crippen LogP contribution in [0.2, 0.25) is 0 Å². The highest BCUT2D eigenvalue weighted by Crippen LogP contribution is 2.45. The average molecular weight is 340 g/mol. The quantitative estimate of drug-likeness (QED) is 0.233. The molecule has 0 amide bonds. The van der Waals surface area contributed by atoms with Crippen LogP contribution in [0.3, 0.4) is 0 Å². The Morgan fingerprint density at radius 1 is 0.600 bits per heavy atom. The molecule has 0 bridgehead atoms. The molecule has 1 aliphatic carbocycles.